The zero-order valence-corrected chi connectivity index (χ0v) is 11.4. The van der Waals surface area contributed by atoms with Crippen LogP contribution in [-0.2, 0) is 6.42 Å². The highest BCUT2D eigenvalue weighted by atomic mass is 35.5. The third-order valence-electron chi connectivity index (χ3n) is 2.66. The van der Waals surface area contributed by atoms with Gasteiger partial charge in [-0.2, -0.15) is 0 Å². The van der Waals surface area contributed by atoms with Gasteiger partial charge < -0.3 is 5.32 Å². The molecule has 0 spiro atoms. The largest absolute Gasteiger partial charge is 0.385 e. The van der Waals surface area contributed by atoms with Crippen LogP contribution in [0, 0.1) is 0 Å². The Morgan fingerprint density at radius 2 is 2.00 bits per heavy atom. The Morgan fingerprint density at radius 3 is 2.65 bits per heavy atom. The number of halogens is 2. The second-order valence-corrected chi connectivity index (χ2v) is 4.59. The Kier molecular flexibility index (Phi) is 3.75. The van der Waals surface area contributed by atoms with Gasteiger partial charge in [-0.05, 0) is 31.5 Å². The maximum absolute atomic E-state index is 6.20. The predicted octanol–water partition coefficient (Wildman–Crippen LogP) is 4.54. The fourth-order valence-corrected chi connectivity index (χ4v) is 2.16. The number of hydrogen-bond acceptors (Lipinski definition) is 2. The summed E-state index contributed by atoms with van der Waals surface area (Å²) < 4.78 is 0. The van der Waals surface area contributed by atoms with E-state index in [-0.39, 0.29) is 0 Å². The Morgan fingerprint density at radius 1 is 1.24 bits per heavy atom. The first-order chi connectivity index (χ1) is 8.17. The van der Waals surface area contributed by atoms with E-state index in [9.17, 15) is 0 Å². The summed E-state index contributed by atoms with van der Waals surface area (Å²) in [4.78, 5) is 4.54. The van der Waals surface area contributed by atoms with Gasteiger partial charge in [0.25, 0.3) is 0 Å². The van der Waals surface area contributed by atoms with Crippen molar-refractivity contribution in [2.24, 2.45) is 0 Å². The van der Waals surface area contributed by atoms with Crippen LogP contribution in [0.2, 0.25) is 10.0 Å². The number of rotatable bonds is 3. The lowest BCUT2D eigenvalue weighted by Gasteiger charge is -2.11. The molecule has 0 aliphatic rings. The first-order valence-electron chi connectivity index (χ1n) is 5.68. The summed E-state index contributed by atoms with van der Waals surface area (Å²) in [6.07, 6.45) is 0.872. The number of aryl methyl sites for hydroxylation is 1. The molecule has 1 N–H and O–H groups in total. The molecule has 2 rings (SSSR count). The first-order valence-corrected chi connectivity index (χ1v) is 6.44. The standard InChI is InChI=1S/C13H14Cl2N2/c1-3-8-7-11(16-4-2)9-5-6-10(14)12(15)13(9)17-8/h5-7H,3-4H2,1-2H3,(H,16,17). The molecule has 0 unspecified atom stereocenters. The molecule has 0 bridgehead atoms. The topological polar surface area (TPSA) is 24.9 Å². The molecule has 0 atom stereocenters. The van der Waals surface area contributed by atoms with Crippen LogP contribution >= 0.6 is 23.2 Å². The van der Waals surface area contributed by atoms with Gasteiger partial charge in [-0.3, -0.25) is 4.98 Å². The van der Waals surface area contributed by atoms with Crippen LogP contribution in [0.15, 0.2) is 18.2 Å². The molecule has 0 saturated carbocycles. The summed E-state index contributed by atoms with van der Waals surface area (Å²) >= 11 is 12.2. The second kappa shape index (κ2) is 5.11. The molecule has 17 heavy (non-hydrogen) atoms. The molecule has 0 aliphatic heterocycles. The van der Waals surface area contributed by atoms with E-state index < -0.39 is 0 Å². The fourth-order valence-electron chi connectivity index (χ4n) is 1.80. The number of nitrogens with one attached hydrogen (secondary N) is 1. The minimum Gasteiger partial charge on any atom is -0.385 e. The second-order valence-electron chi connectivity index (χ2n) is 3.80. The van der Waals surface area contributed by atoms with Gasteiger partial charge in [0.2, 0.25) is 0 Å². The molecular formula is C13H14Cl2N2. The molecule has 4 heteroatoms. The minimum atomic E-state index is 0.526. The monoisotopic (exact) mass is 268 g/mol. The number of fused-ring (bicyclic) bond motifs is 1. The zero-order chi connectivity index (χ0) is 12.4. The van der Waals surface area contributed by atoms with Crippen molar-refractivity contribution in [2.75, 3.05) is 11.9 Å². The molecule has 90 valence electrons. The van der Waals surface area contributed by atoms with Crippen molar-refractivity contribution >= 4 is 39.8 Å². The number of anilines is 1. The maximum Gasteiger partial charge on any atom is 0.0927 e. The van der Waals surface area contributed by atoms with Crippen molar-refractivity contribution in [3.63, 3.8) is 0 Å². The zero-order valence-electron chi connectivity index (χ0n) is 9.85. The van der Waals surface area contributed by atoms with Crippen molar-refractivity contribution in [3.8, 4) is 0 Å². The van der Waals surface area contributed by atoms with Crippen molar-refractivity contribution in [3.05, 3.63) is 33.9 Å². The Hall–Kier alpha value is -0.990. The average molecular weight is 269 g/mol. The molecule has 2 nitrogen and oxygen atoms in total. The number of hydrogen-bond donors (Lipinski definition) is 1. The van der Waals surface area contributed by atoms with E-state index in [1.807, 2.05) is 6.07 Å². The first kappa shape index (κ1) is 12.5. The van der Waals surface area contributed by atoms with Crippen molar-refractivity contribution in [1.82, 2.24) is 4.98 Å². The van der Waals surface area contributed by atoms with E-state index in [4.69, 9.17) is 23.2 Å². The van der Waals surface area contributed by atoms with Crippen LogP contribution < -0.4 is 5.32 Å². The molecule has 1 aromatic heterocycles. The summed E-state index contributed by atoms with van der Waals surface area (Å²) in [5.74, 6) is 0. The summed E-state index contributed by atoms with van der Waals surface area (Å²) in [6, 6.07) is 5.82. The molecule has 0 amide bonds. The van der Waals surface area contributed by atoms with E-state index in [1.54, 1.807) is 6.07 Å². The van der Waals surface area contributed by atoms with E-state index >= 15 is 0 Å². The van der Waals surface area contributed by atoms with Crippen LogP contribution in [0.5, 0.6) is 0 Å². The highest BCUT2D eigenvalue weighted by Crippen LogP contribution is 2.33. The van der Waals surface area contributed by atoms with Crippen molar-refractivity contribution in [2.45, 2.75) is 20.3 Å². The van der Waals surface area contributed by atoms with E-state index in [0.717, 1.165) is 35.2 Å². The quantitative estimate of drug-likeness (QED) is 0.885. The van der Waals surface area contributed by atoms with Gasteiger partial charge in [-0.1, -0.05) is 30.1 Å². The van der Waals surface area contributed by atoms with Crippen LogP contribution in [0.25, 0.3) is 10.9 Å². The van der Waals surface area contributed by atoms with Crippen molar-refractivity contribution in [1.29, 1.82) is 0 Å². The Labute approximate surface area is 111 Å². The number of aromatic nitrogens is 1. The highest BCUT2D eigenvalue weighted by molar-refractivity contribution is 6.45. The normalized spacial score (nSPS) is 10.8. The number of benzene rings is 1. The molecule has 0 fully saturated rings. The molecule has 1 aromatic carbocycles. The van der Waals surface area contributed by atoms with Gasteiger partial charge >= 0.3 is 0 Å². The molecular weight excluding hydrogens is 255 g/mol. The summed E-state index contributed by atoms with van der Waals surface area (Å²) in [7, 11) is 0. The average Bonchev–Trinajstić information content (AvgIpc) is 2.34. The Bertz CT molecular complexity index is 553. The van der Waals surface area contributed by atoms with E-state index in [1.165, 1.54) is 0 Å². The minimum absolute atomic E-state index is 0.526. The SMILES string of the molecule is CCNc1cc(CC)nc2c(Cl)c(Cl)ccc12. The van der Waals surface area contributed by atoms with Gasteiger partial charge in [0.1, 0.15) is 0 Å². The van der Waals surface area contributed by atoms with Gasteiger partial charge in [0.05, 0.1) is 15.6 Å². The van der Waals surface area contributed by atoms with Crippen LogP contribution in [-0.4, -0.2) is 11.5 Å². The van der Waals surface area contributed by atoms with E-state index in [2.05, 4.69) is 30.2 Å². The molecule has 0 aliphatic carbocycles. The summed E-state index contributed by atoms with van der Waals surface area (Å²) in [6.45, 7) is 5.00. The van der Waals surface area contributed by atoms with Gasteiger partial charge in [-0.15, -0.1) is 0 Å². The van der Waals surface area contributed by atoms with Gasteiger partial charge in [0, 0.05) is 23.3 Å². The predicted molar refractivity (Wildman–Crippen MR) is 75.3 cm³/mol. The summed E-state index contributed by atoms with van der Waals surface area (Å²) in [5, 5.41) is 5.41. The number of nitrogens with zero attached hydrogens (tertiary/aromatic N) is 1. The van der Waals surface area contributed by atoms with Crippen LogP contribution in [0.3, 0.4) is 0 Å². The lowest BCUT2D eigenvalue weighted by Crippen LogP contribution is -2.00. The van der Waals surface area contributed by atoms with E-state index in [0.29, 0.717) is 10.0 Å². The van der Waals surface area contributed by atoms with Crippen LogP contribution in [0.1, 0.15) is 19.5 Å². The van der Waals surface area contributed by atoms with Crippen LogP contribution in [0.4, 0.5) is 5.69 Å². The van der Waals surface area contributed by atoms with Crippen molar-refractivity contribution < 1.29 is 0 Å². The number of pyridine rings is 1. The molecule has 0 saturated heterocycles. The third kappa shape index (κ3) is 2.33. The van der Waals surface area contributed by atoms with Gasteiger partial charge in [0.15, 0.2) is 0 Å². The lowest BCUT2D eigenvalue weighted by atomic mass is 10.1. The fraction of sp³-hybridized carbons (Fsp3) is 0.308. The molecule has 1 heterocycles. The molecule has 2 aromatic rings. The lowest BCUT2D eigenvalue weighted by molar-refractivity contribution is 1.05. The third-order valence-corrected chi connectivity index (χ3v) is 3.45. The smallest absolute Gasteiger partial charge is 0.0927 e. The Balaban J connectivity index is 2.76. The van der Waals surface area contributed by atoms with Gasteiger partial charge in [-0.25, -0.2) is 0 Å². The maximum atomic E-state index is 6.20. The highest BCUT2D eigenvalue weighted by Gasteiger charge is 2.10. The summed E-state index contributed by atoms with van der Waals surface area (Å²) in [5.41, 5.74) is 2.85. The molecule has 0 radical (unpaired) electrons.